The number of ketones is 1. The second-order valence-corrected chi connectivity index (χ2v) is 11.3. The number of Topliss-reactive ketones (excluding diaryl/α,β-unsaturated/α-hetero) is 1. The minimum absolute atomic E-state index is 0.0926. The van der Waals surface area contributed by atoms with Crippen LogP contribution in [-0.4, -0.2) is 59.8 Å². The average Bonchev–Trinajstić information content (AvgIpc) is 3.27. The van der Waals surface area contributed by atoms with E-state index in [-0.39, 0.29) is 30.1 Å². The predicted octanol–water partition coefficient (Wildman–Crippen LogP) is 4.83. The van der Waals surface area contributed by atoms with Crippen LogP contribution < -0.4 is 15.4 Å². The van der Waals surface area contributed by atoms with Crippen molar-refractivity contribution in [2.24, 2.45) is 0 Å². The van der Waals surface area contributed by atoms with Crippen molar-refractivity contribution in [1.29, 1.82) is 0 Å². The molecule has 2 aromatic carbocycles. The van der Waals surface area contributed by atoms with Crippen molar-refractivity contribution in [2.75, 3.05) is 20.2 Å². The maximum absolute atomic E-state index is 13.4. The second kappa shape index (κ2) is 14.8. The Hall–Kier alpha value is -3.65. The molecule has 8 nitrogen and oxygen atoms in total. The number of unbranched alkanes of at least 4 members (excludes halogenated alkanes) is 2. The van der Waals surface area contributed by atoms with Gasteiger partial charge in [-0.25, -0.2) is 0 Å². The van der Waals surface area contributed by atoms with E-state index in [2.05, 4.69) is 44.8 Å². The number of nitrogens with zero attached hydrogens (tertiary/aromatic N) is 1. The number of hydrogen-bond acceptors (Lipinski definition) is 5. The predicted molar refractivity (Wildman–Crippen MR) is 162 cm³/mol. The smallest absolute Gasteiger partial charge is 0.242 e. The number of hydrogen-bond donors (Lipinski definition) is 3. The summed E-state index contributed by atoms with van der Waals surface area (Å²) in [6.45, 7) is 6.32. The molecule has 1 unspecified atom stereocenters. The summed E-state index contributed by atoms with van der Waals surface area (Å²) in [6.07, 6.45) is 5.45. The molecule has 1 fully saturated rings. The third-order valence-corrected chi connectivity index (χ3v) is 8.02. The Morgan fingerprint density at radius 1 is 1.05 bits per heavy atom. The van der Waals surface area contributed by atoms with Gasteiger partial charge in [0.15, 0.2) is 0 Å². The zero-order chi connectivity index (χ0) is 29.2. The highest BCUT2D eigenvalue weighted by Crippen LogP contribution is 2.27. The molecule has 3 aromatic rings. The van der Waals surface area contributed by atoms with E-state index in [1.807, 2.05) is 31.2 Å². The number of fused-ring (bicyclic) bond motifs is 1. The summed E-state index contributed by atoms with van der Waals surface area (Å²) in [4.78, 5) is 43.8. The molecule has 2 amide bonds. The number of H-pyrrole nitrogens is 1. The van der Waals surface area contributed by atoms with Crippen LogP contribution in [-0.2, 0) is 27.3 Å². The Morgan fingerprint density at radius 3 is 2.51 bits per heavy atom. The summed E-state index contributed by atoms with van der Waals surface area (Å²) in [6, 6.07) is 15.7. The zero-order valence-corrected chi connectivity index (χ0v) is 24.6. The summed E-state index contributed by atoms with van der Waals surface area (Å²) >= 11 is 0. The monoisotopic (exact) mass is 560 g/mol. The van der Waals surface area contributed by atoms with Gasteiger partial charge in [-0.1, -0.05) is 43.2 Å². The largest absolute Gasteiger partial charge is 0.497 e. The summed E-state index contributed by atoms with van der Waals surface area (Å²) in [7, 11) is 1.62. The number of methoxy groups -OCH3 is 1. The zero-order valence-electron chi connectivity index (χ0n) is 24.6. The van der Waals surface area contributed by atoms with Crippen molar-refractivity contribution in [1.82, 2.24) is 20.5 Å². The third-order valence-electron chi connectivity index (χ3n) is 8.02. The molecule has 8 heteroatoms. The van der Waals surface area contributed by atoms with Crippen molar-refractivity contribution in [3.63, 3.8) is 0 Å². The van der Waals surface area contributed by atoms with E-state index in [1.165, 1.54) is 5.56 Å². The molecule has 41 heavy (non-hydrogen) atoms. The molecule has 0 spiro atoms. The molecular formula is C33H44N4O4. The summed E-state index contributed by atoms with van der Waals surface area (Å²) in [5.41, 5.74) is 4.08. The lowest BCUT2D eigenvalue weighted by Gasteiger charge is -2.33. The lowest BCUT2D eigenvalue weighted by molar-refractivity contribution is -0.129. The summed E-state index contributed by atoms with van der Waals surface area (Å²) in [5.74, 6) is 0.606. The molecule has 1 aromatic heterocycles. The van der Waals surface area contributed by atoms with E-state index in [1.54, 1.807) is 14.0 Å². The number of aromatic amines is 1. The second-order valence-electron chi connectivity index (χ2n) is 11.3. The number of aromatic nitrogens is 1. The van der Waals surface area contributed by atoms with E-state index in [0.29, 0.717) is 12.8 Å². The van der Waals surface area contributed by atoms with Gasteiger partial charge in [0.25, 0.3) is 0 Å². The van der Waals surface area contributed by atoms with Gasteiger partial charge in [0, 0.05) is 48.7 Å². The molecule has 0 saturated carbocycles. The average molecular weight is 561 g/mol. The van der Waals surface area contributed by atoms with Gasteiger partial charge in [-0.15, -0.1) is 0 Å². The molecule has 3 N–H and O–H groups in total. The van der Waals surface area contributed by atoms with Gasteiger partial charge in [-0.2, -0.15) is 0 Å². The summed E-state index contributed by atoms with van der Waals surface area (Å²) in [5, 5.41) is 7.21. The standard InChI is InChI=1S/C33H44N4O4/c1-23(38)10-6-4-9-13-31(33(40)35-26-16-18-37(19-17-26)22-25-11-7-5-8-12-25)36-32(39)21-28-24(2)34-30-15-14-27(41-3)20-29(28)30/h5,7-8,11-12,14-15,20,26,31,34H,4,6,9-10,13,16-19,21-22H2,1-3H3,(H,35,40)(H,36,39). The maximum Gasteiger partial charge on any atom is 0.242 e. The Bertz CT molecular complexity index is 1310. The molecule has 2 heterocycles. The first-order valence-corrected chi connectivity index (χ1v) is 14.8. The Morgan fingerprint density at radius 2 is 1.80 bits per heavy atom. The highest BCUT2D eigenvalue weighted by atomic mass is 16.5. The summed E-state index contributed by atoms with van der Waals surface area (Å²) < 4.78 is 5.38. The van der Waals surface area contributed by atoms with Gasteiger partial charge in [0.2, 0.25) is 11.8 Å². The molecular weight excluding hydrogens is 516 g/mol. The van der Waals surface area contributed by atoms with Crippen LogP contribution in [0.15, 0.2) is 48.5 Å². The number of likely N-dealkylation sites (tertiary alicyclic amines) is 1. The number of benzene rings is 2. The maximum atomic E-state index is 13.4. The van der Waals surface area contributed by atoms with Crippen LogP contribution in [0.5, 0.6) is 5.75 Å². The van der Waals surface area contributed by atoms with E-state index < -0.39 is 6.04 Å². The van der Waals surface area contributed by atoms with Gasteiger partial charge >= 0.3 is 0 Å². The molecule has 1 aliphatic heterocycles. The molecule has 1 saturated heterocycles. The number of nitrogens with one attached hydrogen (secondary N) is 3. The number of ether oxygens (including phenoxy) is 1. The Balaban J connectivity index is 1.35. The van der Waals surface area contributed by atoms with Crippen LogP contribution in [0.4, 0.5) is 0 Å². The number of carbonyl (C=O) groups excluding carboxylic acids is 3. The van der Waals surface area contributed by atoms with Crippen molar-refractivity contribution in [3.05, 3.63) is 65.4 Å². The third kappa shape index (κ3) is 8.92. The highest BCUT2D eigenvalue weighted by Gasteiger charge is 2.26. The van der Waals surface area contributed by atoms with Gasteiger partial charge in [0.05, 0.1) is 13.5 Å². The van der Waals surface area contributed by atoms with Crippen LogP contribution in [0.25, 0.3) is 10.9 Å². The number of piperidine rings is 1. The van der Waals surface area contributed by atoms with Crippen LogP contribution in [0, 0.1) is 6.92 Å². The Labute approximate surface area is 243 Å². The normalized spacial score (nSPS) is 15.0. The fraction of sp³-hybridized carbons (Fsp3) is 0.485. The molecule has 0 aliphatic carbocycles. The van der Waals surface area contributed by atoms with Crippen LogP contribution >= 0.6 is 0 Å². The quantitative estimate of drug-likeness (QED) is 0.245. The van der Waals surface area contributed by atoms with Crippen LogP contribution in [0.1, 0.15) is 68.7 Å². The van der Waals surface area contributed by atoms with Gasteiger partial charge < -0.3 is 25.1 Å². The lowest BCUT2D eigenvalue weighted by atomic mass is 10.0. The van der Waals surface area contributed by atoms with Gasteiger partial charge in [-0.3, -0.25) is 14.5 Å². The minimum Gasteiger partial charge on any atom is -0.497 e. The number of aryl methyl sites for hydroxylation is 1. The van der Waals surface area contributed by atoms with E-state index in [4.69, 9.17) is 4.74 Å². The van der Waals surface area contributed by atoms with Crippen LogP contribution in [0.2, 0.25) is 0 Å². The molecule has 0 bridgehead atoms. The number of amides is 2. The first kappa shape index (κ1) is 30.3. The lowest BCUT2D eigenvalue weighted by Crippen LogP contribution is -2.52. The molecule has 220 valence electrons. The van der Waals surface area contributed by atoms with Crippen LogP contribution in [0.3, 0.4) is 0 Å². The minimum atomic E-state index is -0.609. The van der Waals surface area contributed by atoms with Crippen molar-refractivity contribution in [3.8, 4) is 5.75 Å². The van der Waals surface area contributed by atoms with E-state index in [9.17, 15) is 14.4 Å². The van der Waals surface area contributed by atoms with Crippen molar-refractivity contribution >= 4 is 28.5 Å². The van der Waals surface area contributed by atoms with Gasteiger partial charge in [0.1, 0.15) is 17.6 Å². The molecule has 0 radical (unpaired) electrons. The number of rotatable bonds is 14. The molecule has 1 atom stereocenters. The SMILES string of the molecule is COc1ccc2[nH]c(C)c(CC(=O)NC(CCCCCC(C)=O)C(=O)NC3CCN(Cc4ccccc4)CC3)c2c1. The fourth-order valence-electron chi connectivity index (χ4n) is 5.67. The molecule has 1 aliphatic rings. The first-order chi connectivity index (χ1) is 19.8. The first-order valence-electron chi connectivity index (χ1n) is 14.8. The highest BCUT2D eigenvalue weighted by molar-refractivity contribution is 5.93. The van der Waals surface area contributed by atoms with E-state index in [0.717, 1.165) is 79.6 Å². The topological polar surface area (TPSA) is 104 Å². The molecule has 4 rings (SSSR count). The van der Waals surface area contributed by atoms with Gasteiger partial charge in [-0.05, 0) is 68.9 Å². The van der Waals surface area contributed by atoms with E-state index >= 15 is 0 Å². The fourth-order valence-corrected chi connectivity index (χ4v) is 5.67. The van der Waals surface area contributed by atoms with Crippen molar-refractivity contribution in [2.45, 2.75) is 83.8 Å². The van der Waals surface area contributed by atoms with Crippen molar-refractivity contribution < 1.29 is 19.1 Å². The Kier molecular flexibility index (Phi) is 11.0. The number of carbonyl (C=O) groups is 3.